The lowest BCUT2D eigenvalue weighted by Gasteiger charge is -2.22. The largest absolute Gasteiger partial charge is 0.507 e. The molecule has 1 aromatic carbocycles. The van der Waals surface area contributed by atoms with Crippen molar-refractivity contribution >= 4 is 28.8 Å². The zero-order chi connectivity index (χ0) is 22.0. The van der Waals surface area contributed by atoms with Gasteiger partial charge < -0.3 is 19.2 Å². The maximum absolute atomic E-state index is 13.0. The van der Waals surface area contributed by atoms with Crippen LogP contribution in [-0.4, -0.2) is 28.3 Å². The minimum atomic E-state index is -0.798. The molecule has 31 heavy (non-hydrogen) atoms. The zero-order valence-electron chi connectivity index (χ0n) is 17.3. The smallest absolute Gasteiger partial charge is 0.296 e. The van der Waals surface area contributed by atoms with E-state index >= 15 is 0 Å². The van der Waals surface area contributed by atoms with Crippen LogP contribution in [0.2, 0.25) is 0 Å². The number of Topliss-reactive ketones (excluding diaryl/α,β-unsaturated/α-hetero) is 1. The molecule has 1 N–H and O–H groups in total. The van der Waals surface area contributed by atoms with E-state index in [0.29, 0.717) is 17.9 Å². The number of nitrogens with zero attached hydrogens (tertiary/aromatic N) is 1. The van der Waals surface area contributed by atoms with E-state index in [9.17, 15) is 14.7 Å². The molecule has 1 fully saturated rings. The number of aliphatic hydroxyl groups is 1. The summed E-state index contributed by atoms with van der Waals surface area (Å²) in [6.45, 7) is 4.76. The predicted molar refractivity (Wildman–Crippen MR) is 118 cm³/mol. The standard InChI is InChI=1S/C24H23NO5S/c1-3-10-29-18-9-8-16(13-15(18)2)22(26)20-21(19-7-4-11-30-19)25(24(28)23(20)27)14-17-6-5-12-31-17/h4-9,11-13,21,26H,3,10,14H2,1-2H3/b22-20-. The summed E-state index contributed by atoms with van der Waals surface area (Å²) in [5.74, 6) is -0.454. The first-order valence-corrected chi connectivity index (χ1v) is 11.0. The van der Waals surface area contributed by atoms with Crippen LogP contribution in [0.4, 0.5) is 0 Å². The van der Waals surface area contributed by atoms with Crippen molar-refractivity contribution in [2.75, 3.05) is 6.61 Å². The topological polar surface area (TPSA) is 80.0 Å². The summed E-state index contributed by atoms with van der Waals surface area (Å²) >= 11 is 1.50. The van der Waals surface area contributed by atoms with Gasteiger partial charge in [-0.25, -0.2) is 0 Å². The second-order valence-corrected chi connectivity index (χ2v) is 8.38. The second-order valence-electron chi connectivity index (χ2n) is 7.35. The number of hydrogen-bond donors (Lipinski definition) is 1. The Kier molecular flexibility index (Phi) is 5.95. The monoisotopic (exact) mass is 437 g/mol. The number of carbonyl (C=O) groups is 2. The van der Waals surface area contributed by atoms with Crippen LogP contribution in [0.25, 0.3) is 5.76 Å². The van der Waals surface area contributed by atoms with Gasteiger partial charge in [-0.1, -0.05) is 13.0 Å². The minimum absolute atomic E-state index is 0.0260. The maximum Gasteiger partial charge on any atom is 0.296 e. The summed E-state index contributed by atoms with van der Waals surface area (Å²) in [5.41, 5.74) is 1.31. The summed E-state index contributed by atoms with van der Waals surface area (Å²) in [4.78, 5) is 28.3. The van der Waals surface area contributed by atoms with Crippen molar-refractivity contribution < 1.29 is 23.8 Å². The van der Waals surface area contributed by atoms with E-state index < -0.39 is 17.7 Å². The SMILES string of the molecule is CCCOc1ccc(/C(O)=C2/C(=O)C(=O)N(Cc3cccs3)C2c2ccco2)cc1C. The van der Waals surface area contributed by atoms with E-state index in [1.807, 2.05) is 31.4 Å². The van der Waals surface area contributed by atoms with Crippen molar-refractivity contribution in [3.63, 3.8) is 0 Å². The van der Waals surface area contributed by atoms with Crippen LogP contribution in [0.5, 0.6) is 5.75 Å². The number of thiophene rings is 1. The normalized spacial score (nSPS) is 18.0. The van der Waals surface area contributed by atoms with Gasteiger partial charge in [-0.3, -0.25) is 9.59 Å². The number of aliphatic hydroxyl groups excluding tert-OH is 1. The predicted octanol–water partition coefficient (Wildman–Crippen LogP) is 5.06. The molecule has 4 rings (SSSR count). The molecule has 0 saturated carbocycles. The lowest BCUT2D eigenvalue weighted by atomic mass is 9.98. The number of ketones is 1. The van der Waals surface area contributed by atoms with E-state index in [1.54, 1.807) is 30.3 Å². The number of furan rings is 1. The van der Waals surface area contributed by atoms with E-state index in [1.165, 1.54) is 22.5 Å². The molecule has 0 bridgehead atoms. The van der Waals surface area contributed by atoms with Crippen molar-refractivity contribution in [2.24, 2.45) is 0 Å². The first-order chi connectivity index (χ1) is 15.0. The van der Waals surface area contributed by atoms with Gasteiger partial charge >= 0.3 is 0 Å². The molecule has 7 heteroatoms. The number of rotatable bonds is 7. The summed E-state index contributed by atoms with van der Waals surface area (Å²) < 4.78 is 11.3. The lowest BCUT2D eigenvalue weighted by molar-refractivity contribution is -0.140. The van der Waals surface area contributed by atoms with E-state index in [4.69, 9.17) is 9.15 Å². The fourth-order valence-corrected chi connectivity index (χ4v) is 4.39. The van der Waals surface area contributed by atoms with E-state index in [0.717, 1.165) is 22.6 Å². The van der Waals surface area contributed by atoms with Gasteiger partial charge in [-0.15, -0.1) is 11.3 Å². The molecule has 160 valence electrons. The molecule has 1 aliphatic rings. The van der Waals surface area contributed by atoms with Gasteiger partial charge in [0.2, 0.25) is 0 Å². The highest BCUT2D eigenvalue weighted by atomic mass is 32.1. The number of ether oxygens (including phenoxy) is 1. The number of aryl methyl sites for hydroxylation is 1. The average Bonchev–Trinajstić information content (AvgIpc) is 3.51. The van der Waals surface area contributed by atoms with Crippen molar-refractivity contribution in [3.05, 3.63) is 81.4 Å². The van der Waals surface area contributed by atoms with Crippen LogP contribution in [0.15, 0.2) is 64.1 Å². The number of benzene rings is 1. The van der Waals surface area contributed by atoms with Gasteiger partial charge in [-0.2, -0.15) is 0 Å². The Morgan fingerprint density at radius 2 is 2.06 bits per heavy atom. The average molecular weight is 438 g/mol. The highest BCUT2D eigenvalue weighted by molar-refractivity contribution is 7.09. The molecule has 1 atom stereocenters. The minimum Gasteiger partial charge on any atom is -0.507 e. The Morgan fingerprint density at radius 3 is 2.71 bits per heavy atom. The Morgan fingerprint density at radius 1 is 1.23 bits per heavy atom. The fourth-order valence-electron chi connectivity index (χ4n) is 3.68. The molecule has 0 spiro atoms. The summed E-state index contributed by atoms with van der Waals surface area (Å²) in [5, 5.41) is 13.0. The van der Waals surface area contributed by atoms with Gasteiger partial charge in [-0.05, 0) is 60.7 Å². The van der Waals surface area contributed by atoms with E-state index in [2.05, 4.69) is 0 Å². The van der Waals surface area contributed by atoms with Crippen molar-refractivity contribution in [1.82, 2.24) is 4.90 Å². The number of hydrogen-bond acceptors (Lipinski definition) is 6. The quantitative estimate of drug-likeness (QED) is 0.317. The van der Waals surface area contributed by atoms with Gasteiger partial charge in [0.25, 0.3) is 11.7 Å². The summed E-state index contributed by atoms with van der Waals surface area (Å²) in [6, 6.07) is 11.6. The van der Waals surface area contributed by atoms with Crippen LogP contribution in [0.1, 0.15) is 41.2 Å². The molecule has 6 nitrogen and oxygen atoms in total. The maximum atomic E-state index is 13.0. The van der Waals surface area contributed by atoms with Crippen LogP contribution in [0.3, 0.4) is 0 Å². The van der Waals surface area contributed by atoms with Crippen LogP contribution < -0.4 is 4.74 Å². The molecule has 1 aliphatic heterocycles. The van der Waals surface area contributed by atoms with Crippen LogP contribution in [0, 0.1) is 6.92 Å². The highest BCUT2D eigenvalue weighted by Gasteiger charge is 2.47. The molecule has 0 aliphatic carbocycles. The molecule has 1 amide bonds. The zero-order valence-corrected chi connectivity index (χ0v) is 18.1. The first-order valence-electron chi connectivity index (χ1n) is 10.1. The molecule has 2 aromatic heterocycles. The van der Waals surface area contributed by atoms with Gasteiger partial charge in [0, 0.05) is 10.4 Å². The van der Waals surface area contributed by atoms with Crippen LogP contribution in [-0.2, 0) is 16.1 Å². The Bertz CT molecular complexity index is 1120. The third-order valence-corrected chi connectivity index (χ3v) is 6.03. The van der Waals surface area contributed by atoms with Gasteiger partial charge in [0.15, 0.2) is 0 Å². The number of likely N-dealkylation sites (tertiary alicyclic amines) is 1. The lowest BCUT2D eigenvalue weighted by Crippen LogP contribution is -2.28. The molecule has 1 unspecified atom stereocenters. The van der Waals surface area contributed by atoms with Gasteiger partial charge in [0.05, 0.1) is 25.0 Å². The molecule has 1 saturated heterocycles. The third kappa shape index (κ3) is 4.01. The third-order valence-electron chi connectivity index (χ3n) is 5.17. The molecule has 3 aromatic rings. The van der Waals surface area contributed by atoms with Gasteiger partial charge in [0.1, 0.15) is 23.3 Å². The fraction of sp³-hybridized carbons (Fsp3) is 0.250. The molecular weight excluding hydrogens is 414 g/mol. The molecular formula is C24H23NO5S. The van der Waals surface area contributed by atoms with E-state index in [-0.39, 0.29) is 17.9 Å². The van der Waals surface area contributed by atoms with Crippen molar-refractivity contribution in [1.29, 1.82) is 0 Å². The van der Waals surface area contributed by atoms with Crippen LogP contribution >= 0.6 is 11.3 Å². The molecule has 3 heterocycles. The second kappa shape index (κ2) is 8.81. The summed E-state index contributed by atoms with van der Waals surface area (Å²) in [7, 11) is 0. The Labute approximate surface area is 184 Å². The Balaban J connectivity index is 1.77. The van der Waals surface area contributed by atoms with Crippen molar-refractivity contribution in [3.8, 4) is 5.75 Å². The van der Waals surface area contributed by atoms with Crippen molar-refractivity contribution in [2.45, 2.75) is 32.9 Å². The number of amides is 1. The first kappa shape index (κ1) is 20.9. The Hall–Kier alpha value is -3.32. The molecule has 0 radical (unpaired) electrons. The number of carbonyl (C=O) groups excluding carboxylic acids is 2. The summed E-state index contributed by atoms with van der Waals surface area (Å²) in [6.07, 6.45) is 2.38. The highest BCUT2D eigenvalue weighted by Crippen LogP contribution is 2.41.